The van der Waals surface area contributed by atoms with Gasteiger partial charge in [0, 0.05) is 12.5 Å². The van der Waals surface area contributed by atoms with E-state index < -0.39 is 0 Å². The zero-order valence-corrected chi connectivity index (χ0v) is 11.2. The quantitative estimate of drug-likeness (QED) is 0.824. The Bertz CT molecular complexity index is 464. The van der Waals surface area contributed by atoms with Gasteiger partial charge in [-0.25, -0.2) is 4.39 Å². The van der Waals surface area contributed by atoms with Crippen LogP contribution in [0.2, 0.25) is 0 Å². The van der Waals surface area contributed by atoms with Gasteiger partial charge >= 0.3 is 0 Å². The van der Waals surface area contributed by atoms with Crippen molar-refractivity contribution in [2.45, 2.75) is 32.2 Å². The van der Waals surface area contributed by atoms with Gasteiger partial charge in [0.25, 0.3) is 0 Å². The summed E-state index contributed by atoms with van der Waals surface area (Å²) in [6.07, 6.45) is 4.55. The van der Waals surface area contributed by atoms with Crippen molar-refractivity contribution in [1.82, 2.24) is 5.32 Å². The van der Waals surface area contributed by atoms with Crippen LogP contribution in [0.4, 0.5) is 4.39 Å². The van der Waals surface area contributed by atoms with E-state index in [-0.39, 0.29) is 5.82 Å². The topological polar surface area (TPSA) is 25.2 Å². The number of rotatable bonds is 7. The van der Waals surface area contributed by atoms with Crippen molar-refractivity contribution >= 4 is 0 Å². The van der Waals surface area contributed by atoms with E-state index in [1.807, 2.05) is 24.3 Å². The SMILES string of the molecule is CCNC(CCc1ccco1)Cc1ccc(F)cc1. The molecule has 0 aliphatic heterocycles. The highest BCUT2D eigenvalue weighted by atomic mass is 19.1. The molecule has 1 heterocycles. The molecule has 0 spiro atoms. The number of furan rings is 1. The maximum atomic E-state index is 12.9. The first-order chi connectivity index (χ1) is 9.28. The van der Waals surface area contributed by atoms with Crippen LogP contribution in [-0.2, 0) is 12.8 Å². The molecule has 0 fully saturated rings. The van der Waals surface area contributed by atoms with Gasteiger partial charge in [-0.05, 0) is 49.2 Å². The van der Waals surface area contributed by atoms with Crippen LogP contribution in [0.5, 0.6) is 0 Å². The molecule has 0 aliphatic carbocycles. The van der Waals surface area contributed by atoms with E-state index in [2.05, 4.69) is 12.2 Å². The van der Waals surface area contributed by atoms with Crippen LogP contribution in [-0.4, -0.2) is 12.6 Å². The Labute approximate surface area is 113 Å². The van der Waals surface area contributed by atoms with Gasteiger partial charge in [-0.2, -0.15) is 0 Å². The van der Waals surface area contributed by atoms with Crippen LogP contribution in [0, 0.1) is 5.82 Å². The smallest absolute Gasteiger partial charge is 0.123 e. The maximum absolute atomic E-state index is 12.9. The fourth-order valence-corrected chi connectivity index (χ4v) is 2.24. The van der Waals surface area contributed by atoms with E-state index in [1.165, 1.54) is 12.1 Å². The first-order valence-electron chi connectivity index (χ1n) is 6.78. The normalized spacial score (nSPS) is 12.5. The summed E-state index contributed by atoms with van der Waals surface area (Å²) < 4.78 is 18.2. The lowest BCUT2D eigenvalue weighted by Crippen LogP contribution is -2.31. The predicted octanol–water partition coefficient (Wildman–Crippen LogP) is 3.57. The highest BCUT2D eigenvalue weighted by Crippen LogP contribution is 2.11. The van der Waals surface area contributed by atoms with E-state index in [0.717, 1.165) is 37.1 Å². The number of hydrogen-bond acceptors (Lipinski definition) is 2. The summed E-state index contributed by atoms with van der Waals surface area (Å²) in [6, 6.07) is 11.0. The Morgan fingerprint density at radius 1 is 1.21 bits per heavy atom. The molecule has 0 radical (unpaired) electrons. The Morgan fingerprint density at radius 3 is 2.63 bits per heavy atom. The molecule has 102 valence electrons. The average molecular weight is 261 g/mol. The van der Waals surface area contributed by atoms with Crippen molar-refractivity contribution in [1.29, 1.82) is 0 Å². The molecular formula is C16H20FNO. The van der Waals surface area contributed by atoms with Crippen molar-refractivity contribution in [2.24, 2.45) is 0 Å². The van der Waals surface area contributed by atoms with Gasteiger partial charge in [-0.15, -0.1) is 0 Å². The molecule has 0 bridgehead atoms. The van der Waals surface area contributed by atoms with Crippen molar-refractivity contribution in [3.05, 3.63) is 59.8 Å². The van der Waals surface area contributed by atoms with Crippen molar-refractivity contribution in [2.75, 3.05) is 6.54 Å². The molecule has 2 rings (SSSR count). The van der Waals surface area contributed by atoms with E-state index in [0.29, 0.717) is 6.04 Å². The summed E-state index contributed by atoms with van der Waals surface area (Å²) in [5.41, 5.74) is 1.16. The Kier molecular flexibility index (Phi) is 5.16. The molecule has 1 aromatic carbocycles. The maximum Gasteiger partial charge on any atom is 0.123 e. The third-order valence-electron chi connectivity index (χ3n) is 3.21. The third kappa shape index (κ3) is 4.52. The number of hydrogen-bond donors (Lipinski definition) is 1. The zero-order chi connectivity index (χ0) is 13.5. The molecule has 2 nitrogen and oxygen atoms in total. The molecule has 0 saturated heterocycles. The van der Waals surface area contributed by atoms with Crippen LogP contribution >= 0.6 is 0 Å². The minimum Gasteiger partial charge on any atom is -0.469 e. The van der Waals surface area contributed by atoms with Crippen LogP contribution < -0.4 is 5.32 Å². The minimum atomic E-state index is -0.181. The first-order valence-corrected chi connectivity index (χ1v) is 6.78. The number of likely N-dealkylation sites (N-methyl/N-ethyl adjacent to an activating group) is 1. The van der Waals surface area contributed by atoms with Gasteiger partial charge in [0.2, 0.25) is 0 Å². The number of nitrogens with one attached hydrogen (secondary N) is 1. The van der Waals surface area contributed by atoms with E-state index >= 15 is 0 Å². The second-order valence-corrected chi connectivity index (χ2v) is 4.70. The van der Waals surface area contributed by atoms with Crippen molar-refractivity contribution in [3.63, 3.8) is 0 Å². The summed E-state index contributed by atoms with van der Waals surface area (Å²) in [5, 5.41) is 3.47. The summed E-state index contributed by atoms with van der Waals surface area (Å²) in [5.74, 6) is 0.835. The lowest BCUT2D eigenvalue weighted by Gasteiger charge is -2.17. The molecule has 1 atom stereocenters. The number of aryl methyl sites for hydroxylation is 1. The molecular weight excluding hydrogens is 241 g/mol. The van der Waals surface area contributed by atoms with Gasteiger partial charge in [-0.3, -0.25) is 0 Å². The molecule has 1 aromatic heterocycles. The molecule has 0 saturated carbocycles. The standard InChI is InChI=1S/C16H20FNO/c1-2-18-15(9-10-16-4-3-11-19-16)12-13-5-7-14(17)8-6-13/h3-8,11,15,18H,2,9-10,12H2,1H3. The van der Waals surface area contributed by atoms with E-state index in [9.17, 15) is 4.39 Å². The highest BCUT2D eigenvalue weighted by Gasteiger charge is 2.09. The van der Waals surface area contributed by atoms with E-state index in [4.69, 9.17) is 4.42 Å². The van der Waals surface area contributed by atoms with Gasteiger partial charge in [0.1, 0.15) is 11.6 Å². The fraction of sp³-hybridized carbons (Fsp3) is 0.375. The molecule has 1 unspecified atom stereocenters. The van der Waals surface area contributed by atoms with Crippen molar-refractivity contribution in [3.8, 4) is 0 Å². The fourth-order valence-electron chi connectivity index (χ4n) is 2.24. The predicted molar refractivity (Wildman–Crippen MR) is 74.6 cm³/mol. The molecule has 0 aliphatic rings. The van der Waals surface area contributed by atoms with Crippen LogP contribution in [0.15, 0.2) is 47.1 Å². The van der Waals surface area contributed by atoms with Gasteiger partial charge in [0.05, 0.1) is 6.26 Å². The Morgan fingerprint density at radius 2 is 2.00 bits per heavy atom. The zero-order valence-electron chi connectivity index (χ0n) is 11.2. The van der Waals surface area contributed by atoms with Gasteiger partial charge in [0.15, 0.2) is 0 Å². The third-order valence-corrected chi connectivity index (χ3v) is 3.21. The summed E-state index contributed by atoms with van der Waals surface area (Å²) >= 11 is 0. The largest absolute Gasteiger partial charge is 0.469 e. The second-order valence-electron chi connectivity index (χ2n) is 4.70. The lowest BCUT2D eigenvalue weighted by atomic mass is 10.0. The average Bonchev–Trinajstić information content (AvgIpc) is 2.92. The minimum absolute atomic E-state index is 0.181. The van der Waals surface area contributed by atoms with Crippen molar-refractivity contribution < 1.29 is 8.81 Å². The lowest BCUT2D eigenvalue weighted by molar-refractivity contribution is 0.447. The van der Waals surface area contributed by atoms with Crippen LogP contribution in [0.1, 0.15) is 24.7 Å². The monoisotopic (exact) mass is 261 g/mol. The van der Waals surface area contributed by atoms with Gasteiger partial charge in [-0.1, -0.05) is 19.1 Å². The van der Waals surface area contributed by atoms with Crippen LogP contribution in [0.3, 0.4) is 0 Å². The van der Waals surface area contributed by atoms with Crippen LogP contribution in [0.25, 0.3) is 0 Å². The number of benzene rings is 1. The Balaban J connectivity index is 1.89. The molecule has 19 heavy (non-hydrogen) atoms. The molecule has 3 heteroatoms. The molecule has 1 N–H and O–H groups in total. The highest BCUT2D eigenvalue weighted by molar-refractivity contribution is 5.17. The second kappa shape index (κ2) is 7.10. The van der Waals surface area contributed by atoms with E-state index in [1.54, 1.807) is 6.26 Å². The summed E-state index contributed by atoms with van der Waals surface area (Å²) in [7, 11) is 0. The van der Waals surface area contributed by atoms with Gasteiger partial charge < -0.3 is 9.73 Å². The first kappa shape index (κ1) is 13.8. The Hall–Kier alpha value is -1.61. The molecule has 2 aromatic rings. The number of halogens is 1. The summed E-state index contributed by atoms with van der Waals surface area (Å²) in [4.78, 5) is 0. The summed E-state index contributed by atoms with van der Waals surface area (Å²) in [6.45, 7) is 3.04. The molecule has 0 amide bonds.